The molecule has 1 heterocycles. The molecular weight excluding hydrogens is 375 g/mol. The van der Waals surface area contributed by atoms with Crippen LogP contribution >= 0.6 is 11.6 Å². The molecule has 1 aliphatic rings. The van der Waals surface area contributed by atoms with Gasteiger partial charge in [-0.15, -0.1) is 0 Å². The predicted octanol–water partition coefficient (Wildman–Crippen LogP) is 1.08. The van der Waals surface area contributed by atoms with Crippen molar-refractivity contribution in [3.05, 3.63) is 29.0 Å². The normalized spacial score (nSPS) is 18.8. The molecule has 1 aromatic carbocycles. The van der Waals surface area contributed by atoms with Crippen LogP contribution < -0.4 is 5.32 Å². The SMILES string of the molecule is COCCN(C(=O)C(=O)Nc1ccc(F)c(Cl)c1)C1CCS(=O)(=O)C1. The van der Waals surface area contributed by atoms with Gasteiger partial charge in [0.25, 0.3) is 0 Å². The number of anilines is 1. The van der Waals surface area contributed by atoms with E-state index in [1.54, 1.807) is 0 Å². The zero-order valence-electron chi connectivity index (χ0n) is 13.5. The largest absolute Gasteiger partial charge is 0.383 e. The van der Waals surface area contributed by atoms with E-state index in [0.717, 1.165) is 6.07 Å². The van der Waals surface area contributed by atoms with Crippen molar-refractivity contribution in [1.29, 1.82) is 0 Å². The van der Waals surface area contributed by atoms with Gasteiger partial charge in [0.15, 0.2) is 9.84 Å². The monoisotopic (exact) mass is 392 g/mol. The molecule has 0 spiro atoms. The zero-order chi connectivity index (χ0) is 18.6. The van der Waals surface area contributed by atoms with Crippen LogP contribution in [0.15, 0.2) is 18.2 Å². The van der Waals surface area contributed by atoms with E-state index in [0.29, 0.717) is 0 Å². The lowest BCUT2D eigenvalue weighted by molar-refractivity contribution is -0.144. The molecule has 1 atom stereocenters. The van der Waals surface area contributed by atoms with Crippen LogP contribution in [0.3, 0.4) is 0 Å². The third-order valence-electron chi connectivity index (χ3n) is 3.82. The first-order valence-electron chi connectivity index (χ1n) is 7.50. The molecule has 1 saturated heterocycles. The van der Waals surface area contributed by atoms with Crippen LogP contribution in [0, 0.1) is 5.82 Å². The number of amides is 2. The van der Waals surface area contributed by atoms with Gasteiger partial charge in [-0.05, 0) is 24.6 Å². The summed E-state index contributed by atoms with van der Waals surface area (Å²) in [4.78, 5) is 25.9. The number of benzene rings is 1. The maximum absolute atomic E-state index is 13.1. The number of hydrogen-bond donors (Lipinski definition) is 1. The van der Waals surface area contributed by atoms with E-state index in [4.69, 9.17) is 16.3 Å². The Bertz CT molecular complexity index is 771. The number of halogens is 2. The van der Waals surface area contributed by atoms with Gasteiger partial charge >= 0.3 is 11.8 Å². The summed E-state index contributed by atoms with van der Waals surface area (Å²) in [6.45, 7) is 0.255. The number of nitrogens with one attached hydrogen (secondary N) is 1. The number of carbonyl (C=O) groups is 2. The number of carbonyl (C=O) groups excluding carboxylic acids is 2. The first kappa shape index (κ1) is 19.6. The average Bonchev–Trinajstić information content (AvgIpc) is 2.91. The van der Waals surface area contributed by atoms with Gasteiger partial charge in [0, 0.05) is 25.4 Å². The minimum Gasteiger partial charge on any atom is -0.383 e. The van der Waals surface area contributed by atoms with E-state index in [1.807, 2.05) is 0 Å². The third-order valence-corrected chi connectivity index (χ3v) is 5.86. The van der Waals surface area contributed by atoms with Crippen molar-refractivity contribution < 1.29 is 27.1 Å². The zero-order valence-corrected chi connectivity index (χ0v) is 15.1. The van der Waals surface area contributed by atoms with Gasteiger partial charge in [-0.25, -0.2) is 12.8 Å². The summed E-state index contributed by atoms with van der Waals surface area (Å²) in [5.74, 6) is -2.69. The minimum absolute atomic E-state index is 0.0242. The first-order chi connectivity index (χ1) is 11.7. The molecule has 2 rings (SSSR count). The molecule has 0 aliphatic carbocycles. The number of nitrogens with zero attached hydrogens (tertiary/aromatic N) is 1. The minimum atomic E-state index is -3.22. The highest BCUT2D eigenvalue weighted by molar-refractivity contribution is 7.91. The van der Waals surface area contributed by atoms with Crippen molar-refractivity contribution in [3.8, 4) is 0 Å². The van der Waals surface area contributed by atoms with Crippen LogP contribution in [0.5, 0.6) is 0 Å². The van der Waals surface area contributed by atoms with Gasteiger partial charge in [0.05, 0.1) is 23.1 Å². The van der Waals surface area contributed by atoms with Crippen molar-refractivity contribution in [2.24, 2.45) is 0 Å². The molecule has 25 heavy (non-hydrogen) atoms. The molecule has 0 saturated carbocycles. The van der Waals surface area contributed by atoms with Crippen molar-refractivity contribution >= 4 is 38.9 Å². The second kappa shape index (κ2) is 8.11. The van der Waals surface area contributed by atoms with Gasteiger partial charge in [0.2, 0.25) is 0 Å². The van der Waals surface area contributed by atoms with Gasteiger partial charge in [-0.1, -0.05) is 11.6 Å². The summed E-state index contributed by atoms with van der Waals surface area (Å²) in [5.41, 5.74) is 0.162. The van der Waals surface area contributed by atoms with Gasteiger partial charge in [0.1, 0.15) is 5.82 Å². The highest BCUT2D eigenvalue weighted by Crippen LogP contribution is 2.21. The molecule has 2 amide bonds. The first-order valence-corrected chi connectivity index (χ1v) is 9.70. The molecule has 7 nitrogen and oxygen atoms in total. The van der Waals surface area contributed by atoms with E-state index in [1.165, 1.54) is 24.1 Å². The summed E-state index contributed by atoms with van der Waals surface area (Å²) >= 11 is 5.64. The molecule has 0 radical (unpaired) electrons. The van der Waals surface area contributed by atoms with E-state index >= 15 is 0 Å². The molecule has 1 aliphatic heterocycles. The van der Waals surface area contributed by atoms with Gasteiger partial charge < -0.3 is 15.0 Å². The van der Waals surface area contributed by atoms with Gasteiger partial charge in [-0.3, -0.25) is 9.59 Å². The fourth-order valence-electron chi connectivity index (χ4n) is 2.55. The predicted molar refractivity (Wildman–Crippen MR) is 90.7 cm³/mol. The van der Waals surface area contributed by atoms with Crippen molar-refractivity contribution in [2.45, 2.75) is 12.5 Å². The maximum atomic E-state index is 13.1. The number of sulfone groups is 1. The lowest BCUT2D eigenvalue weighted by atomic mass is 10.2. The molecule has 1 aromatic rings. The molecule has 0 aromatic heterocycles. The summed E-state index contributed by atoms with van der Waals surface area (Å²) in [7, 11) is -1.78. The van der Waals surface area contributed by atoms with Crippen molar-refractivity contribution in [1.82, 2.24) is 4.90 Å². The average molecular weight is 393 g/mol. The Morgan fingerprint density at radius 1 is 1.44 bits per heavy atom. The Morgan fingerprint density at radius 2 is 2.16 bits per heavy atom. The van der Waals surface area contributed by atoms with Crippen LogP contribution in [0.25, 0.3) is 0 Å². The van der Waals surface area contributed by atoms with E-state index in [9.17, 15) is 22.4 Å². The Morgan fingerprint density at radius 3 is 2.72 bits per heavy atom. The number of ether oxygens (including phenoxy) is 1. The molecule has 1 unspecified atom stereocenters. The summed E-state index contributed by atoms with van der Waals surface area (Å²) in [6, 6.07) is 2.94. The van der Waals surface area contributed by atoms with E-state index in [2.05, 4.69) is 5.32 Å². The number of rotatable bonds is 5. The maximum Gasteiger partial charge on any atom is 0.313 e. The molecular formula is C15H18ClFN2O5S. The van der Waals surface area contributed by atoms with Crippen LogP contribution in [-0.4, -0.2) is 62.9 Å². The lowest BCUT2D eigenvalue weighted by Crippen LogP contribution is -2.47. The second-order valence-corrected chi connectivity index (χ2v) is 8.27. The Balaban J connectivity index is 2.11. The Labute approximate surface area is 150 Å². The molecule has 1 fully saturated rings. The van der Waals surface area contributed by atoms with E-state index in [-0.39, 0.29) is 41.8 Å². The topological polar surface area (TPSA) is 92.8 Å². The van der Waals surface area contributed by atoms with Crippen LogP contribution in [-0.2, 0) is 24.2 Å². The molecule has 1 N–H and O–H groups in total. The van der Waals surface area contributed by atoms with E-state index < -0.39 is 33.5 Å². The molecule has 138 valence electrons. The number of methoxy groups -OCH3 is 1. The van der Waals surface area contributed by atoms with Crippen LogP contribution in [0.4, 0.5) is 10.1 Å². The summed E-state index contributed by atoms with van der Waals surface area (Å²) < 4.78 is 41.4. The second-order valence-electron chi connectivity index (χ2n) is 5.63. The molecule has 10 heteroatoms. The summed E-state index contributed by atoms with van der Waals surface area (Å²) in [5, 5.41) is 2.15. The van der Waals surface area contributed by atoms with Crippen molar-refractivity contribution in [3.63, 3.8) is 0 Å². The lowest BCUT2D eigenvalue weighted by Gasteiger charge is -2.27. The third kappa shape index (κ3) is 5.13. The standard InChI is InChI=1S/C15H18ClFN2O5S/c1-24-6-5-19(11-4-7-25(22,23)9-11)15(21)14(20)18-10-2-3-13(17)12(16)8-10/h2-3,8,11H,4-7,9H2,1H3,(H,18,20). The van der Waals surface area contributed by atoms with Crippen LogP contribution in [0.1, 0.15) is 6.42 Å². The van der Waals surface area contributed by atoms with Gasteiger partial charge in [-0.2, -0.15) is 0 Å². The highest BCUT2D eigenvalue weighted by atomic mass is 35.5. The highest BCUT2D eigenvalue weighted by Gasteiger charge is 2.36. The van der Waals surface area contributed by atoms with Crippen LogP contribution in [0.2, 0.25) is 5.02 Å². The Kier molecular flexibility index (Phi) is 6.36. The summed E-state index contributed by atoms with van der Waals surface area (Å²) in [6.07, 6.45) is 0.271. The quantitative estimate of drug-likeness (QED) is 0.757. The number of hydrogen-bond acceptors (Lipinski definition) is 5. The Hall–Kier alpha value is -1.71. The van der Waals surface area contributed by atoms with Crippen molar-refractivity contribution in [2.75, 3.05) is 37.1 Å². The molecule has 0 bridgehead atoms. The fraction of sp³-hybridized carbons (Fsp3) is 0.467. The fourth-order valence-corrected chi connectivity index (χ4v) is 4.46. The smallest absolute Gasteiger partial charge is 0.313 e.